The Bertz CT molecular complexity index is 342. The summed E-state index contributed by atoms with van der Waals surface area (Å²) < 4.78 is 0. The maximum absolute atomic E-state index is 12.3. The second-order valence-corrected chi connectivity index (χ2v) is 4.92. The zero-order valence-electron chi connectivity index (χ0n) is 10.0. The van der Waals surface area contributed by atoms with Crippen LogP contribution in [-0.2, 0) is 0 Å². The van der Waals surface area contributed by atoms with E-state index in [1.807, 2.05) is 24.3 Å². The van der Waals surface area contributed by atoms with Gasteiger partial charge in [-0.3, -0.25) is 4.79 Å². The highest BCUT2D eigenvalue weighted by molar-refractivity contribution is 5.97. The van der Waals surface area contributed by atoms with Gasteiger partial charge in [0.15, 0.2) is 5.78 Å². The van der Waals surface area contributed by atoms with E-state index in [1.165, 1.54) is 31.2 Å². The van der Waals surface area contributed by atoms with Gasteiger partial charge >= 0.3 is 0 Å². The van der Waals surface area contributed by atoms with Crippen LogP contribution in [0.4, 0.5) is 0 Å². The Kier molecular flexibility index (Phi) is 3.76. The van der Waals surface area contributed by atoms with Gasteiger partial charge < -0.3 is 0 Å². The van der Waals surface area contributed by atoms with Crippen LogP contribution in [0.3, 0.4) is 0 Å². The fraction of sp³-hybridized carbons (Fsp3) is 0.533. The molecule has 0 unspecified atom stereocenters. The predicted molar refractivity (Wildman–Crippen MR) is 66.7 cm³/mol. The molecule has 1 saturated carbocycles. The van der Waals surface area contributed by atoms with Gasteiger partial charge in [0, 0.05) is 11.5 Å². The predicted octanol–water partition coefficient (Wildman–Crippen LogP) is 4.15. The van der Waals surface area contributed by atoms with Crippen molar-refractivity contribution in [3.63, 3.8) is 0 Å². The summed E-state index contributed by atoms with van der Waals surface area (Å²) in [5, 5.41) is 0. The van der Waals surface area contributed by atoms with E-state index in [0.717, 1.165) is 18.4 Å². The molecule has 0 aliphatic heterocycles. The fourth-order valence-electron chi connectivity index (χ4n) is 2.50. The number of benzene rings is 1. The lowest BCUT2D eigenvalue weighted by Gasteiger charge is -2.12. The molecule has 0 heterocycles. The number of aryl methyl sites for hydroxylation is 1. The molecular formula is C15H20O. The minimum absolute atomic E-state index is 0.283. The van der Waals surface area contributed by atoms with Crippen molar-refractivity contribution in [2.45, 2.75) is 45.4 Å². The van der Waals surface area contributed by atoms with Gasteiger partial charge in [0.25, 0.3) is 0 Å². The third-order valence-electron chi connectivity index (χ3n) is 3.56. The number of ketones is 1. The second kappa shape index (κ2) is 5.29. The Morgan fingerprint density at radius 3 is 2.12 bits per heavy atom. The summed E-state index contributed by atoms with van der Waals surface area (Å²) in [5.74, 6) is 0.645. The van der Waals surface area contributed by atoms with Crippen molar-refractivity contribution in [2.75, 3.05) is 0 Å². The smallest absolute Gasteiger partial charge is 0.165 e. The van der Waals surface area contributed by atoms with E-state index in [-0.39, 0.29) is 5.92 Å². The minimum atomic E-state index is 0.283. The van der Waals surface area contributed by atoms with E-state index in [2.05, 4.69) is 6.92 Å². The van der Waals surface area contributed by atoms with Crippen molar-refractivity contribution in [3.05, 3.63) is 35.4 Å². The molecular weight excluding hydrogens is 196 g/mol. The molecule has 86 valence electrons. The first-order valence-electron chi connectivity index (χ1n) is 6.38. The van der Waals surface area contributed by atoms with Crippen molar-refractivity contribution in [3.8, 4) is 0 Å². The topological polar surface area (TPSA) is 17.1 Å². The summed E-state index contributed by atoms with van der Waals surface area (Å²) in [4.78, 5) is 12.3. The Labute approximate surface area is 97.9 Å². The van der Waals surface area contributed by atoms with Crippen molar-refractivity contribution in [1.29, 1.82) is 0 Å². The van der Waals surface area contributed by atoms with Crippen LogP contribution >= 0.6 is 0 Å². The van der Waals surface area contributed by atoms with Gasteiger partial charge in [0.1, 0.15) is 0 Å². The van der Waals surface area contributed by atoms with Crippen LogP contribution in [0.25, 0.3) is 0 Å². The average Bonchev–Trinajstić information content (AvgIpc) is 2.57. The first-order valence-corrected chi connectivity index (χ1v) is 6.38. The monoisotopic (exact) mass is 216 g/mol. The lowest BCUT2D eigenvalue weighted by atomic mass is 9.91. The van der Waals surface area contributed by atoms with Crippen LogP contribution in [0.15, 0.2) is 24.3 Å². The first kappa shape index (κ1) is 11.4. The van der Waals surface area contributed by atoms with E-state index in [0.29, 0.717) is 5.78 Å². The van der Waals surface area contributed by atoms with Crippen molar-refractivity contribution in [2.24, 2.45) is 5.92 Å². The molecule has 1 aliphatic rings. The van der Waals surface area contributed by atoms with Crippen LogP contribution < -0.4 is 0 Å². The molecule has 1 heteroatoms. The Hall–Kier alpha value is -1.11. The lowest BCUT2D eigenvalue weighted by molar-refractivity contribution is 0.0908. The highest BCUT2D eigenvalue weighted by Crippen LogP contribution is 2.26. The van der Waals surface area contributed by atoms with Crippen molar-refractivity contribution < 1.29 is 4.79 Å². The Morgan fingerprint density at radius 1 is 1.00 bits per heavy atom. The SMILES string of the molecule is Cc1ccc(C(=O)C2CCCCCC2)cc1. The summed E-state index contributed by atoms with van der Waals surface area (Å²) in [6.07, 6.45) is 7.24. The normalized spacial score (nSPS) is 18.1. The van der Waals surface area contributed by atoms with Crippen molar-refractivity contribution >= 4 is 5.78 Å². The van der Waals surface area contributed by atoms with Crippen LogP contribution in [-0.4, -0.2) is 5.78 Å². The quantitative estimate of drug-likeness (QED) is 0.536. The number of carbonyl (C=O) groups is 1. The zero-order chi connectivity index (χ0) is 11.4. The minimum Gasteiger partial charge on any atom is -0.294 e. The lowest BCUT2D eigenvalue weighted by Crippen LogP contribution is -2.13. The molecule has 2 rings (SSSR count). The van der Waals surface area contributed by atoms with Crippen LogP contribution in [0.2, 0.25) is 0 Å². The van der Waals surface area contributed by atoms with E-state index in [1.54, 1.807) is 0 Å². The highest BCUT2D eigenvalue weighted by Gasteiger charge is 2.20. The van der Waals surface area contributed by atoms with Crippen LogP contribution in [0.5, 0.6) is 0 Å². The molecule has 0 spiro atoms. The molecule has 1 aromatic rings. The summed E-state index contributed by atoms with van der Waals surface area (Å²) in [6.45, 7) is 2.06. The summed E-state index contributed by atoms with van der Waals surface area (Å²) in [5.41, 5.74) is 2.12. The Balaban J connectivity index is 2.08. The molecule has 0 amide bonds. The number of carbonyl (C=O) groups excluding carboxylic acids is 1. The molecule has 1 aromatic carbocycles. The Morgan fingerprint density at radius 2 is 1.56 bits per heavy atom. The number of hydrogen-bond donors (Lipinski definition) is 0. The highest BCUT2D eigenvalue weighted by atomic mass is 16.1. The second-order valence-electron chi connectivity index (χ2n) is 4.92. The molecule has 16 heavy (non-hydrogen) atoms. The summed E-state index contributed by atoms with van der Waals surface area (Å²) in [6, 6.07) is 8.01. The van der Waals surface area contributed by atoms with E-state index < -0.39 is 0 Å². The molecule has 0 atom stereocenters. The third kappa shape index (κ3) is 2.72. The summed E-state index contributed by atoms with van der Waals surface area (Å²) in [7, 11) is 0. The van der Waals surface area contributed by atoms with Gasteiger partial charge in [-0.25, -0.2) is 0 Å². The standard InChI is InChI=1S/C15H20O/c1-12-8-10-14(11-9-12)15(16)13-6-4-2-3-5-7-13/h8-11,13H,2-7H2,1H3. The molecule has 1 nitrogen and oxygen atoms in total. The van der Waals surface area contributed by atoms with E-state index in [9.17, 15) is 4.79 Å². The number of hydrogen-bond acceptors (Lipinski definition) is 1. The molecule has 0 bridgehead atoms. The van der Waals surface area contributed by atoms with Gasteiger partial charge in [-0.2, -0.15) is 0 Å². The average molecular weight is 216 g/mol. The van der Waals surface area contributed by atoms with Gasteiger partial charge in [-0.1, -0.05) is 55.5 Å². The van der Waals surface area contributed by atoms with E-state index in [4.69, 9.17) is 0 Å². The van der Waals surface area contributed by atoms with Gasteiger partial charge in [-0.05, 0) is 19.8 Å². The van der Waals surface area contributed by atoms with Crippen molar-refractivity contribution in [1.82, 2.24) is 0 Å². The molecule has 0 radical (unpaired) electrons. The maximum atomic E-state index is 12.3. The fourth-order valence-corrected chi connectivity index (χ4v) is 2.50. The maximum Gasteiger partial charge on any atom is 0.165 e. The molecule has 0 aromatic heterocycles. The summed E-state index contributed by atoms with van der Waals surface area (Å²) >= 11 is 0. The first-order chi connectivity index (χ1) is 7.77. The molecule has 0 N–H and O–H groups in total. The van der Waals surface area contributed by atoms with Crippen LogP contribution in [0, 0.1) is 12.8 Å². The largest absolute Gasteiger partial charge is 0.294 e. The molecule has 1 aliphatic carbocycles. The number of rotatable bonds is 2. The zero-order valence-corrected chi connectivity index (χ0v) is 10.0. The van der Waals surface area contributed by atoms with Gasteiger partial charge in [-0.15, -0.1) is 0 Å². The van der Waals surface area contributed by atoms with E-state index >= 15 is 0 Å². The van der Waals surface area contributed by atoms with Gasteiger partial charge in [0.05, 0.1) is 0 Å². The molecule has 0 saturated heterocycles. The van der Waals surface area contributed by atoms with Crippen LogP contribution in [0.1, 0.15) is 54.4 Å². The van der Waals surface area contributed by atoms with Gasteiger partial charge in [0.2, 0.25) is 0 Å². The third-order valence-corrected chi connectivity index (χ3v) is 3.56. The number of Topliss-reactive ketones (excluding diaryl/α,β-unsaturated/α-hetero) is 1. The molecule has 1 fully saturated rings.